The molecule has 0 radical (unpaired) electrons. The van der Waals surface area contributed by atoms with Gasteiger partial charge < -0.3 is 10.1 Å². The van der Waals surface area contributed by atoms with Crippen molar-refractivity contribution in [3.63, 3.8) is 0 Å². The highest BCUT2D eigenvalue weighted by Gasteiger charge is 2.34. The smallest absolute Gasteiger partial charge is 0.328 e. The molecule has 0 unspecified atom stereocenters. The molecule has 27 heavy (non-hydrogen) atoms. The number of nitrogens with zero attached hydrogens (tertiary/aromatic N) is 2. The fourth-order valence-electron chi connectivity index (χ4n) is 2.93. The zero-order valence-electron chi connectivity index (χ0n) is 16.6. The predicted octanol–water partition coefficient (Wildman–Crippen LogP) is 3.49. The molecule has 7 heteroatoms. The van der Waals surface area contributed by atoms with Crippen molar-refractivity contribution in [3.8, 4) is 0 Å². The second-order valence-corrected chi connectivity index (χ2v) is 7.81. The summed E-state index contributed by atoms with van der Waals surface area (Å²) in [5.74, 6) is -0.939. The average Bonchev–Trinajstić information content (AvgIpc) is 2.96. The Kier molecular flexibility index (Phi) is 6.57. The predicted molar refractivity (Wildman–Crippen MR) is 102 cm³/mol. The summed E-state index contributed by atoms with van der Waals surface area (Å²) in [5, 5.41) is 7.89. The zero-order chi connectivity index (χ0) is 20.2. The molecule has 1 heterocycles. The fraction of sp³-hybridized carbons (Fsp3) is 0.550. The molecule has 1 amide bonds. The van der Waals surface area contributed by atoms with Crippen molar-refractivity contribution in [1.29, 1.82) is 0 Å². The van der Waals surface area contributed by atoms with Crippen LogP contribution in [-0.4, -0.2) is 41.0 Å². The molecule has 0 aliphatic heterocycles. The molecular formula is C20H28FN3O3. The number of methoxy groups -OCH3 is 1. The van der Waals surface area contributed by atoms with Crippen LogP contribution in [0.4, 0.5) is 4.39 Å². The number of nitrogens with one attached hydrogen (secondary N) is 1. The van der Waals surface area contributed by atoms with Crippen LogP contribution < -0.4 is 5.32 Å². The minimum absolute atomic E-state index is 0.247. The van der Waals surface area contributed by atoms with Crippen LogP contribution in [0.5, 0.6) is 0 Å². The van der Waals surface area contributed by atoms with Crippen LogP contribution >= 0.6 is 0 Å². The molecule has 1 aromatic heterocycles. The molecule has 1 N–H and O–H groups in total. The van der Waals surface area contributed by atoms with Crippen molar-refractivity contribution in [3.05, 3.63) is 30.0 Å². The van der Waals surface area contributed by atoms with Gasteiger partial charge >= 0.3 is 5.97 Å². The standard InChI is InChI=1S/C20H28FN3O3/c1-13(21)9-8-12-24-15-11-7-6-10-14(15)16(23-24)18(25)22-17(19(26)27-5)20(2,3)4/h6-7,10-11,13,17H,8-9,12H2,1-5H3,(H,22,25)/t13-,17+/m0/s1. The van der Waals surface area contributed by atoms with Gasteiger partial charge in [0, 0.05) is 11.9 Å². The summed E-state index contributed by atoms with van der Waals surface area (Å²) in [6.07, 6.45) is 0.184. The number of hydrogen-bond acceptors (Lipinski definition) is 4. The lowest BCUT2D eigenvalue weighted by molar-refractivity contribution is -0.145. The molecule has 6 nitrogen and oxygen atoms in total. The summed E-state index contributed by atoms with van der Waals surface area (Å²) >= 11 is 0. The first-order valence-corrected chi connectivity index (χ1v) is 9.13. The first-order valence-electron chi connectivity index (χ1n) is 9.13. The summed E-state index contributed by atoms with van der Waals surface area (Å²) in [5.41, 5.74) is 0.537. The number of aromatic nitrogens is 2. The third-order valence-electron chi connectivity index (χ3n) is 4.42. The topological polar surface area (TPSA) is 73.2 Å². The van der Waals surface area contributed by atoms with Gasteiger partial charge in [-0.2, -0.15) is 5.10 Å². The van der Waals surface area contributed by atoms with Gasteiger partial charge in [0.05, 0.1) is 18.8 Å². The number of hydrogen-bond donors (Lipinski definition) is 1. The van der Waals surface area contributed by atoms with Crippen molar-refractivity contribution < 1.29 is 18.7 Å². The van der Waals surface area contributed by atoms with Gasteiger partial charge in [0.15, 0.2) is 5.69 Å². The van der Waals surface area contributed by atoms with Crippen molar-refractivity contribution in [2.24, 2.45) is 5.41 Å². The molecule has 0 bridgehead atoms. The Hall–Kier alpha value is -2.44. The molecule has 2 atom stereocenters. The van der Waals surface area contributed by atoms with Crippen LogP contribution in [-0.2, 0) is 16.1 Å². The van der Waals surface area contributed by atoms with Crippen molar-refractivity contribution in [2.75, 3.05) is 7.11 Å². The van der Waals surface area contributed by atoms with Crippen LogP contribution in [0.3, 0.4) is 0 Å². The minimum Gasteiger partial charge on any atom is -0.467 e. The molecule has 0 fully saturated rings. The monoisotopic (exact) mass is 377 g/mol. The molecule has 2 rings (SSSR count). The Morgan fingerprint density at radius 3 is 2.56 bits per heavy atom. The molecule has 0 saturated carbocycles. The number of rotatable bonds is 7. The molecule has 0 aliphatic rings. The first kappa shape index (κ1) is 20.9. The van der Waals surface area contributed by atoms with E-state index in [0.717, 1.165) is 5.52 Å². The van der Waals surface area contributed by atoms with E-state index in [1.165, 1.54) is 14.0 Å². The van der Waals surface area contributed by atoms with Gasteiger partial charge in [0.1, 0.15) is 6.04 Å². The Morgan fingerprint density at radius 1 is 1.30 bits per heavy atom. The van der Waals surface area contributed by atoms with Crippen LogP contribution in [0.1, 0.15) is 51.0 Å². The maximum Gasteiger partial charge on any atom is 0.328 e. The number of carbonyl (C=O) groups excluding carboxylic acids is 2. The number of halogens is 1. The van der Waals surface area contributed by atoms with Gasteiger partial charge in [-0.15, -0.1) is 0 Å². The van der Waals surface area contributed by atoms with E-state index < -0.39 is 29.5 Å². The van der Waals surface area contributed by atoms with E-state index in [4.69, 9.17) is 4.74 Å². The summed E-state index contributed by atoms with van der Waals surface area (Å²) in [4.78, 5) is 25.0. The summed E-state index contributed by atoms with van der Waals surface area (Å²) in [6, 6.07) is 6.59. The quantitative estimate of drug-likeness (QED) is 0.750. The first-order chi connectivity index (χ1) is 12.6. The highest BCUT2D eigenvalue weighted by Crippen LogP contribution is 2.23. The molecule has 2 aromatic rings. The normalized spacial score (nSPS) is 14.0. The van der Waals surface area contributed by atoms with Gasteiger partial charge in [-0.1, -0.05) is 39.0 Å². The van der Waals surface area contributed by atoms with E-state index in [0.29, 0.717) is 24.8 Å². The van der Waals surface area contributed by atoms with Gasteiger partial charge in [-0.25, -0.2) is 9.18 Å². The lowest BCUT2D eigenvalue weighted by Crippen LogP contribution is -2.49. The number of amides is 1. The number of carbonyl (C=O) groups is 2. The van der Waals surface area contributed by atoms with E-state index >= 15 is 0 Å². The summed E-state index contributed by atoms with van der Waals surface area (Å²) in [7, 11) is 1.29. The van der Waals surface area contributed by atoms with Crippen molar-refractivity contribution in [1.82, 2.24) is 15.1 Å². The lowest BCUT2D eigenvalue weighted by atomic mass is 9.86. The van der Waals surface area contributed by atoms with Gasteiger partial charge in [0.2, 0.25) is 0 Å². The molecule has 1 aromatic carbocycles. The average molecular weight is 377 g/mol. The molecular weight excluding hydrogens is 349 g/mol. The second kappa shape index (κ2) is 8.50. The van der Waals surface area contributed by atoms with Crippen molar-refractivity contribution in [2.45, 2.75) is 59.3 Å². The molecule has 0 aliphatic carbocycles. The van der Waals surface area contributed by atoms with Crippen LogP contribution in [0.25, 0.3) is 10.9 Å². The zero-order valence-corrected chi connectivity index (χ0v) is 16.6. The Labute approximate surface area is 159 Å². The maximum atomic E-state index is 13.1. The van der Waals surface area contributed by atoms with Gasteiger partial charge in [-0.3, -0.25) is 9.48 Å². The van der Waals surface area contributed by atoms with E-state index in [1.807, 2.05) is 45.0 Å². The number of aryl methyl sites for hydroxylation is 1. The van der Waals surface area contributed by atoms with Crippen molar-refractivity contribution >= 4 is 22.8 Å². The fourth-order valence-corrected chi connectivity index (χ4v) is 2.93. The number of para-hydroxylation sites is 1. The second-order valence-electron chi connectivity index (χ2n) is 7.81. The molecule has 0 saturated heterocycles. The number of alkyl halides is 1. The van der Waals surface area contributed by atoms with Gasteiger partial charge in [0.25, 0.3) is 5.91 Å². The maximum absolute atomic E-state index is 13.1. The summed E-state index contributed by atoms with van der Waals surface area (Å²) in [6.45, 7) is 7.60. The number of fused-ring (bicyclic) bond motifs is 1. The van der Waals surface area contributed by atoms with E-state index in [2.05, 4.69) is 10.4 Å². The van der Waals surface area contributed by atoms with Crippen LogP contribution in [0.15, 0.2) is 24.3 Å². The highest BCUT2D eigenvalue weighted by atomic mass is 19.1. The van der Waals surface area contributed by atoms with E-state index in [-0.39, 0.29) is 5.69 Å². The number of esters is 1. The van der Waals surface area contributed by atoms with Crippen LogP contribution in [0, 0.1) is 5.41 Å². The summed E-state index contributed by atoms with van der Waals surface area (Å²) < 4.78 is 19.6. The lowest BCUT2D eigenvalue weighted by Gasteiger charge is -2.28. The molecule has 148 valence electrons. The Bertz CT molecular complexity index is 808. The highest BCUT2D eigenvalue weighted by molar-refractivity contribution is 6.06. The largest absolute Gasteiger partial charge is 0.467 e. The van der Waals surface area contributed by atoms with Crippen LogP contribution in [0.2, 0.25) is 0 Å². The van der Waals surface area contributed by atoms with Gasteiger partial charge in [-0.05, 0) is 31.2 Å². The number of benzene rings is 1. The molecule has 0 spiro atoms. The Morgan fingerprint density at radius 2 is 1.96 bits per heavy atom. The number of ether oxygens (including phenoxy) is 1. The van der Waals surface area contributed by atoms with E-state index in [1.54, 1.807) is 4.68 Å². The van der Waals surface area contributed by atoms with E-state index in [9.17, 15) is 14.0 Å². The minimum atomic E-state index is -0.873. The third kappa shape index (κ3) is 5.05. The SMILES string of the molecule is COC(=O)[C@@H](NC(=O)c1nn(CCC[C@H](C)F)c2ccccc12)C(C)(C)C. The third-order valence-corrected chi connectivity index (χ3v) is 4.42. The Balaban J connectivity index is 2.31.